The summed E-state index contributed by atoms with van der Waals surface area (Å²) in [5, 5.41) is 5.91. The van der Waals surface area contributed by atoms with E-state index in [1.54, 1.807) is 12.1 Å². The Morgan fingerprint density at radius 1 is 0.805 bits per heavy atom. The van der Waals surface area contributed by atoms with Crippen molar-refractivity contribution in [1.29, 1.82) is 0 Å². The van der Waals surface area contributed by atoms with Gasteiger partial charge >= 0.3 is 0 Å². The van der Waals surface area contributed by atoms with Gasteiger partial charge < -0.3 is 15.1 Å². The molecule has 0 aliphatic heterocycles. The molecule has 4 aromatic rings. The number of hydrogen-bond donors (Lipinski definition) is 2. The Kier molecular flexibility index (Phi) is 9.57. The molecule has 212 valence electrons. The van der Waals surface area contributed by atoms with Crippen molar-refractivity contribution in [3.63, 3.8) is 0 Å². The Hall–Kier alpha value is -4.26. The molecule has 7 nitrogen and oxygen atoms in total. The zero-order valence-corrected chi connectivity index (χ0v) is 23.3. The molecule has 2 amide bonds. The van der Waals surface area contributed by atoms with Gasteiger partial charge in [-0.2, -0.15) is 0 Å². The number of carbonyl (C=O) groups is 3. The number of carbonyl (C=O) groups excluding carboxylic acids is 3. The molecule has 2 unspecified atom stereocenters. The van der Waals surface area contributed by atoms with Gasteiger partial charge in [0.15, 0.2) is 5.58 Å². The SMILES string of the molecule is O=C(c1nc2ccccc2o1)C(CCc1ccccc1)NC(=O)C(CC1CCCCC1)C(=O)NCc1ccccc1. The number of hydrogen-bond acceptors (Lipinski definition) is 5. The third-order valence-electron chi connectivity index (χ3n) is 7.94. The highest BCUT2D eigenvalue weighted by Gasteiger charge is 2.34. The highest BCUT2D eigenvalue weighted by molar-refractivity contribution is 6.04. The maximum absolute atomic E-state index is 13.8. The molecule has 1 heterocycles. The van der Waals surface area contributed by atoms with Crippen molar-refractivity contribution >= 4 is 28.7 Å². The van der Waals surface area contributed by atoms with Crippen LogP contribution >= 0.6 is 0 Å². The first-order chi connectivity index (χ1) is 20.1. The van der Waals surface area contributed by atoms with Crippen LogP contribution in [0.2, 0.25) is 0 Å². The number of amides is 2. The van der Waals surface area contributed by atoms with Crippen LogP contribution in [0.25, 0.3) is 11.1 Å². The fraction of sp³-hybridized carbons (Fsp3) is 0.353. The van der Waals surface area contributed by atoms with Crippen LogP contribution < -0.4 is 10.6 Å². The van der Waals surface area contributed by atoms with E-state index in [1.807, 2.05) is 72.8 Å². The Bertz CT molecular complexity index is 1410. The lowest BCUT2D eigenvalue weighted by atomic mass is 9.82. The minimum absolute atomic E-state index is 0.0399. The van der Waals surface area contributed by atoms with Crippen LogP contribution in [-0.2, 0) is 22.6 Å². The van der Waals surface area contributed by atoms with E-state index in [4.69, 9.17) is 4.42 Å². The molecule has 1 saturated carbocycles. The standard InChI is InChI=1S/C34H37N3O4/c38-31(34-37-28-18-10-11-19-30(28)41-34)29(21-20-24-12-4-1-5-13-24)36-33(40)27(22-25-14-6-2-7-15-25)32(39)35-23-26-16-8-3-9-17-26/h1,3-5,8-13,16-19,25,27,29H,2,6-7,14-15,20-23H2,(H,35,39)(H,36,40). The van der Waals surface area contributed by atoms with Gasteiger partial charge in [0.25, 0.3) is 5.89 Å². The highest BCUT2D eigenvalue weighted by Crippen LogP contribution is 2.29. The van der Waals surface area contributed by atoms with E-state index in [9.17, 15) is 14.4 Å². The Labute approximate surface area is 240 Å². The number of rotatable bonds is 12. The Balaban J connectivity index is 1.35. The zero-order valence-electron chi connectivity index (χ0n) is 23.3. The summed E-state index contributed by atoms with van der Waals surface area (Å²) in [5.41, 5.74) is 3.11. The molecule has 5 rings (SSSR count). The van der Waals surface area contributed by atoms with Crippen LogP contribution in [0.3, 0.4) is 0 Å². The predicted molar refractivity (Wildman–Crippen MR) is 158 cm³/mol. The van der Waals surface area contributed by atoms with Gasteiger partial charge in [-0.1, -0.05) is 105 Å². The van der Waals surface area contributed by atoms with Gasteiger partial charge in [0, 0.05) is 6.54 Å². The molecule has 1 aromatic heterocycles. The summed E-state index contributed by atoms with van der Waals surface area (Å²) >= 11 is 0. The topological polar surface area (TPSA) is 101 Å². The Morgan fingerprint density at radius 2 is 1.46 bits per heavy atom. The van der Waals surface area contributed by atoms with Gasteiger partial charge in [0.1, 0.15) is 11.4 Å². The number of nitrogens with zero attached hydrogens (tertiary/aromatic N) is 1. The number of ketones is 1. The molecule has 41 heavy (non-hydrogen) atoms. The van der Waals surface area contributed by atoms with Crippen molar-refractivity contribution in [2.45, 2.75) is 64.0 Å². The van der Waals surface area contributed by atoms with Gasteiger partial charge in [-0.25, -0.2) is 4.98 Å². The van der Waals surface area contributed by atoms with Gasteiger partial charge in [-0.15, -0.1) is 0 Å². The predicted octanol–water partition coefficient (Wildman–Crippen LogP) is 6.03. The van der Waals surface area contributed by atoms with Gasteiger partial charge in [0.2, 0.25) is 17.6 Å². The van der Waals surface area contributed by atoms with Crippen LogP contribution in [0.4, 0.5) is 0 Å². The molecule has 0 radical (unpaired) electrons. The lowest BCUT2D eigenvalue weighted by Crippen LogP contribution is -2.48. The fourth-order valence-electron chi connectivity index (χ4n) is 5.62. The van der Waals surface area contributed by atoms with Gasteiger partial charge in [-0.3, -0.25) is 14.4 Å². The molecule has 1 aliphatic carbocycles. The second-order valence-corrected chi connectivity index (χ2v) is 10.9. The second kappa shape index (κ2) is 13.9. The number of benzene rings is 3. The highest BCUT2D eigenvalue weighted by atomic mass is 16.4. The smallest absolute Gasteiger partial charge is 0.266 e. The lowest BCUT2D eigenvalue weighted by molar-refractivity contribution is -0.136. The van der Waals surface area contributed by atoms with Crippen LogP contribution in [0.5, 0.6) is 0 Å². The first-order valence-corrected chi connectivity index (χ1v) is 14.6. The average molecular weight is 552 g/mol. The van der Waals surface area contributed by atoms with Crippen molar-refractivity contribution < 1.29 is 18.8 Å². The zero-order chi connectivity index (χ0) is 28.4. The van der Waals surface area contributed by atoms with Crippen LogP contribution in [0, 0.1) is 11.8 Å². The summed E-state index contributed by atoms with van der Waals surface area (Å²) < 4.78 is 5.77. The molecule has 0 bridgehead atoms. The van der Waals surface area contributed by atoms with Crippen LogP contribution in [-0.4, -0.2) is 28.6 Å². The largest absolute Gasteiger partial charge is 0.434 e. The summed E-state index contributed by atoms with van der Waals surface area (Å²) in [7, 11) is 0. The minimum Gasteiger partial charge on any atom is -0.434 e. The number of Topliss-reactive ketones (excluding diaryl/α,β-unsaturated/α-hetero) is 1. The van der Waals surface area contributed by atoms with E-state index in [0.717, 1.165) is 36.8 Å². The van der Waals surface area contributed by atoms with Gasteiger partial charge in [0.05, 0.1) is 6.04 Å². The van der Waals surface area contributed by atoms with E-state index in [2.05, 4.69) is 15.6 Å². The third kappa shape index (κ3) is 7.69. The maximum Gasteiger partial charge on any atom is 0.266 e. The lowest BCUT2D eigenvalue weighted by Gasteiger charge is -2.27. The number of para-hydroxylation sites is 2. The first-order valence-electron chi connectivity index (χ1n) is 14.6. The molecular formula is C34H37N3O4. The minimum atomic E-state index is -0.891. The van der Waals surface area contributed by atoms with E-state index >= 15 is 0 Å². The van der Waals surface area contributed by atoms with Crippen LogP contribution in [0.15, 0.2) is 89.3 Å². The van der Waals surface area contributed by atoms with Crippen LogP contribution in [0.1, 0.15) is 66.8 Å². The van der Waals surface area contributed by atoms with E-state index < -0.39 is 23.7 Å². The van der Waals surface area contributed by atoms with Crippen molar-refractivity contribution in [2.75, 3.05) is 0 Å². The second-order valence-electron chi connectivity index (χ2n) is 10.9. The van der Waals surface area contributed by atoms with E-state index in [-0.39, 0.29) is 11.8 Å². The molecule has 7 heteroatoms. The molecule has 3 aromatic carbocycles. The summed E-state index contributed by atoms with van der Waals surface area (Å²) in [6.45, 7) is 0.341. The number of fused-ring (bicyclic) bond motifs is 1. The molecule has 0 spiro atoms. The molecule has 2 atom stereocenters. The first kappa shape index (κ1) is 28.3. The molecular weight excluding hydrogens is 514 g/mol. The number of nitrogens with one attached hydrogen (secondary N) is 2. The number of aryl methyl sites for hydroxylation is 1. The van der Waals surface area contributed by atoms with Crippen molar-refractivity contribution in [3.05, 3.63) is 102 Å². The third-order valence-corrected chi connectivity index (χ3v) is 7.94. The number of aromatic nitrogens is 1. The monoisotopic (exact) mass is 551 g/mol. The fourth-order valence-corrected chi connectivity index (χ4v) is 5.62. The molecule has 2 N–H and O–H groups in total. The van der Waals surface area contributed by atoms with E-state index in [1.165, 1.54) is 6.42 Å². The molecule has 1 fully saturated rings. The number of oxazole rings is 1. The summed E-state index contributed by atoms with van der Waals surface area (Å²) in [6, 6.07) is 25.8. The normalized spacial score (nSPS) is 15.2. The summed E-state index contributed by atoms with van der Waals surface area (Å²) in [4.78, 5) is 45.4. The van der Waals surface area contributed by atoms with E-state index in [0.29, 0.717) is 42.8 Å². The summed E-state index contributed by atoms with van der Waals surface area (Å²) in [5.74, 6) is -1.76. The molecule has 1 aliphatic rings. The average Bonchev–Trinajstić information content (AvgIpc) is 3.46. The maximum atomic E-state index is 13.8. The molecule has 0 saturated heterocycles. The van der Waals surface area contributed by atoms with Gasteiger partial charge in [-0.05, 0) is 48.4 Å². The van der Waals surface area contributed by atoms with Crippen molar-refractivity contribution in [1.82, 2.24) is 15.6 Å². The Morgan fingerprint density at radius 3 is 2.17 bits per heavy atom. The quantitative estimate of drug-likeness (QED) is 0.165. The van der Waals surface area contributed by atoms with Crippen molar-refractivity contribution in [3.8, 4) is 0 Å². The van der Waals surface area contributed by atoms with Crippen molar-refractivity contribution in [2.24, 2.45) is 11.8 Å². The summed E-state index contributed by atoms with van der Waals surface area (Å²) in [6.07, 6.45) is 6.83.